The molecule has 0 spiro atoms. The van der Waals surface area contributed by atoms with Gasteiger partial charge in [0.2, 0.25) is 11.8 Å². The highest BCUT2D eigenvalue weighted by Crippen LogP contribution is 2.22. The molecular formula is C19H21FN2O3S. The third-order valence-corrected chi connectivity index (χ3v) is 4.60. The first kappa shape index (κ1) is 19.8. The van der Waals surface area contributed by atoms with Gasteiger partial charge in [0.25, 0.3) is 0 Å². The van der Waals surface area contributed by atoms with Crippen molar-refractivity contribution in [3.63, 3.8) is 0 Å². The van der Waals surface area contributed by atoms with Gasteiger partial charge in [-0.3, -0.25) is 9.59 Å². The molecule has 0 radical (unpaired) electrons. The quantitative estimate of drug-likeness (QED) is 0.751. The topological polar surface area (TPSA) is 58.6 Å². The van der Waals surface area contributed by atoms with Crippen LogP contribution in [0.1, 0.15) is 12.5 Å². The lowest BCUT2D eigenvalue weighted by atomic mass is 10.2. The van der Waals surface area contributed by atoms with Crippen molar-refractivity contribution in [2.75, 3.05) is 25.2 Å². The fourth-order valence-electron chi connectivity index (χ4n) is 2.26. The Hall–Kier alpha value is -2.54. The fraction of sp³-hybridized carbons (Fsp3) is 0.263. The molecule has 0 aliphatic carbocycles. The Bertz CT molecular complexity index is 781. The largest absolute Gasteiger partial charge is 0.494 e. The Balaban J connectivity index is 1.86. The Morgan fingerprint density at radius 2 is 1.88 bits per heavy atom. The molecule has 0 aliphatic heterocycles. The van der Waals surface area contributed by atoms with Gasteiger partial charge in [-0.05, 0) is 42.0 Å². The number of amides is 2. The first-order chi connectivity index (χ1) is 12.4. The number of anilines is 1. The van der Waals surface area contributed by atoms with Crippen LogP contribution in [-0.2, 0) is 16.1 Å². The van der Waals surface area contributed by atoms with Gasteiger partial charge in [-0.25, -0.2) is 4.39 Å². The summed E-state index contributed by atoms with van der Waals surface area (Å²) in [7, 11) is 3.10. The molecule has 2 aromatic rings. The number of thioether (sulfide) groups is 1. The monoisotopic (exact) mass is 376 g/mol. The van der Waals surface area contributed by atoms with E-state index < -0.39 is 5.82 Å². The summed E-state index contributed by atoms with van der Waals surface area (Å²) < 4.78 is 18.6. The minimum atomic E-state index is -0.445. The highest BCUT2D eigenvalue weighted by Gasteiger charge is 2.12. The second-order valence-corrected chi connectivity index (χ2v) is 6.76. The Labute approximate surface area is 156 Å². The third kappa shape index (κ3) is 5.77. The molecule has 2 aromatic carbocycles. The maximum Gasteiger partial charge on any atom is 0.232 e. The average molecular weight is 376 g/mol. The summed E-state index contributed by atoms with van der Waals surface area (Å²) in [4.78, 5) is 25.8. The molecule has 2 amide bonds. The van der Waals surface area contributed by atoms with E-state index in [1.54, 1.807) is 36.2 Å². The minimum absolute atomic E-state index is 0.0582. The van der Waals surface area contributed by atoms with Crippen molar-refractivity contribution in [1.29, 1.82) is 0 Å². The molecule has 0 fully saturated rings. The van der Waals surface area contributed by atoms with E-state index in [4.69, 9.17) is 4.74 Å². The predicted octanol–water partition coefficient (Wildman–Crippen LogP) is 3.54. The normalized spacial score (nSPS) is 10.3. The maximum absolute atomic E-state index is 13.7. The van der Waals surface area contributed by atoms with Crippen molar-refractivity contribution in [3.8, 4) is 5.75 Å². The summed E-state index contributed by atoms with van der Waals surface area (Å²) in [5.74, 6) is -0.177. The first-order valence-corrected chi connectivity index (χ1v) is 8.94. The van der Waals surface area contributed by atoms with Crippen LogP contribution in [0.4, 0.5) is 10.1 Å². The van der Waals surface area contributed by atoms with Gasteiger partial charge in [0.05, 0.1) is 12.9 Å². The Morgan fingerprint density at radius 1 is 1.19 bits per heavy atom. The molecule has 0 saturated carbocycles. The number of methoxy groups -OCH3 is 1. The Morgan fingerprint density at radius 3 is 2.46 bits per heavy atom. The summed E-state index contributed by atoms with van der Waals surface area (Å²) in [6.45, 7) is 1.77. The molecule has 2 rings (SSSR count). The second-order valence-electron chi connectivity index (χ2n) is 5.71. The van der Waals surface area contributed by atoms with Crippen LogP contribution in [0.2, 0.25) is 0 Å². The van der Waals surface area contributed by atoms with Crippen molar-refractivity contribution in [2.45, 2.75) is 18.4 Å². The number of carbonyl (C=O) groups excluding carboxylic acids is 2. The molecule has 26 heavy (non-hydrogen) atoms. The van der Waals surface area contributed by atoms with Gasteiger partial charge < -0.3 is 15.0 Å². The zero-order valence-electron chi connectivity index (χ0n) is 14.9. The highest BCUT2D eigenvalue weighted by atomic mass is 32.2. The lowest BCUT2D eigenvalue weighted by molar-refractivity contribution is -0.127. The molecule has 0 atom stereocenters. The number of nitrogens with one attached hydrogen (secondary N) is 1. The van der Waals surface area contributed by atoms with Gasteiger partial charge in [-0.1, -0.05) is 6.07 Å². The molecule has 1 N–H and O–H groups in total. The Kier molecular flexibility index (Phi) is 7.03. The molecule has 0 bridgehead atoms. The summed E-state index contributed by atoms with van der Waals surface area (Å²) in [6, 6.07) is 11.9. The third-order valence-electron chi connectivity index (χ3n) is 3.60. The summed E-state index contributed by atoms with van der Waals surface area (Å²) >= 11 is 1.41. The number of benzene rings is 2. The smallest absolute Gasteiger partial charge is 0.232 e. The van der Waals surface area contributed by atoms with Crippen molar-refractivity contribution >= 4 is 29.3 Å². The van der Waals surface area contributed by atoms with Crippen LogP contribution in [-0.4, -0.2) is 36.6 Å². The second kappa shape index (κ2) is 9.24. The molecule has 138 valence electrons. The van der Waals surface area contributed by atoms with E-state index >= 15 is 0 Å². The SMILES string of the molecule is COc1ccc(CN(C)C(=O)CSc2ccc(NC(C)=O)cc2)cc1F. The van der Waals surface area contributed by atoms with Gasteiger partial charge in [0.15, 0.2) is 11.6 Å². The summed E-state index contributed by atoms with van der Waals surface area (Å²) in [6.07, 6.45) is 0. The lowest BCUT2D eigenvalue weighted by Crippen LogP contribution is -2.27. The standard InChI is InChI=1S/C19H21FN2O3S/c1-13(23)21-15-5-7-16(8-6-15)26-12-19(24)22(2)11-14-4-9-18(25-3)17(20)10-14/h4-10H,11-12H2,1-3H3,(H,21,23). The van der Waals surface area contributed by atoms with E-state index in [-0.39, 0.29) is 23.3 Å². The highest BCUT2D eigenvalue weighted by molar-refractivity contribution is 8.00. The van der Waals surface area contributed by atoms with Crippen LogP contribution in [0, 0.1) is 5.82 Å². The van der Waals surface area contributed by atoms with Crippen LogP contribution >= 0.6 is 11.8 Å². The minimum Gasteiger partial charge on any atom is -0.494 e. The number of halogens is 1. The van der Waals surface area contributed by atoms with E-state index in [0.717, 1.165) is 4.90 Å². The molecule has 0 heterocycles. The average Bonchev–Trinajstić information content (AvgIpc) is 2.60. The van der Waals surface area contributed by atoms with E-state index in [2.05, 4.69) is 5.32 Å². The fourth-order valence-corrected chi connectivity index (χ4v) is 3.10. The predicted molar refractivity (Wildman–Crippen MR) is 101 cm³/mol. The zero-order valence-corrected chi connectivity index (χ0v) is 15.7. The number of nitrogens with zero attached hydrogens (tertiary/aromatic N) is 1. The number of rotatable bonds is 7. The molecular weight excluding hydrogens is 355 g/mol. The number of hydrogen-bond acceptors (Lipinski definition) is 4. The van der Waals surface area contributed by atoms with Crippen molar-refractivity contribution in [1.82, 2.24) is 4.90 Å². The van der Waals surface area contributed by atoms with E-state index in [1.165, 1.54) is 31.9 Å². The van der Waals surface area contributed by atoms with Gasteiger partial charge in [0, 0.05) is 31.1 Å². The molecule has 0 aliphatic rings. The van der Waals surface area contributed by atoms with Crippen molar-refractivity contribution in [2.24, 2.45) is 0 Å². The van der Waals surface area contributed by atoms with E-state index in [0.29, 0.717) is 17.8 Å². The molecule has 0 saturated heterocycles. The van der Waals surface area contributed by atoms with Crippen LogP contribution < -0.4 is 10.1 Å². The summed E-state index contributed by atoms with van der Waals surface area (Å²) in [5, 5.41) is 2.69. The van der Waals surface area contributed by atoms with E-state index in [9.17, 15) is 14.0 Å². The molecule has 5 nitrogen and oxygen atoms in total. The summed E-state index contributed by atoms with van der Waals surface area (Å²) in [5.41, 5.74) is 1.41. The van der Waals surface area contributed by atoms with Crippen LogP contribution in [0.5, 0.6) is 5.75 Å². The maximum atomic E-state index is 13.7. The number of ether oxygens (including phenoxy) is 1. The molecule has 0 unspecified atom stereocenters. The van der Waals surface area contributed by atoms with E-state index in [1.807, 2.05) is 12.1 Å². The molecule has 7 heteroatoms. The first-order valence-electron chi connectivity index (χ1n) is 7.96. The zero-order chi connectivity index (χ0) is 19.1. The lowest BCUT2D eigenvalue weighted by Gasteiger charge is -2.17. The van der Waals surface area contributed by atoms with Gasteiger partial charge in [0.1, 0.15) is 0 Å². The van der Waals surface area contributed by atoms with Gasteiger partial charge >= 0.3 is 0 Å². The van der Waals surface area contributed by atoms with Crippen LogP contribution in [0.15, 0.2) is 47.4 Å². The van der Waals surface area contributed by atoms with Crippen molar-refractivity contribution in [3.05, 3.63) is 53.8 Å². The molecule has 0 aromatic heterocycles. The number of carbonyl (C=O) groups is 2. The van der Waals surface area contributed by atoms with Crippen LogP contribution in [0.25, 0.3) is 0 Å². The van der Waals surface area contributed by atoms with Gasteiger partial charge in [-0.2, -0.15) is 0 Å². The van der Waals surface area contributed by atoms with Crippen LogP contribution in [0.3, 0.4) is 0 Å². The van der Waals surface area contributed by atoms with Gasteiger partial charge in [-0.15, -0.1) is 11.8 Å². The van der Waals surface area contributed by atoms with Crippen molar-refractivity contribution < 1.29 is 18.7 Å². The number of hydrogen-bond donors (Lipinski definition) is 1.